The molecule has 1 unspecified atom stereocenters. The summed E-state index contributed by atoms with van der Waals surface area (Å²) in [6.45, 7) is 0.748. The number of fused-ring (bicyclic) bond motifs is 1. The third-order valence-corrected chi connectivity index (χ3v) is 3.68. The molecule has 21 heavy (non-hydrogen) atoms. The van der Waals surface area contributed by atoms with E-state index in [0.717, 1.165) is 17.8 Å². The molecule has 0 saturated heterocycles. The van der Waals surface area contributed by atoms with E-state index in [1.54, 1.807) is 0 Å². The van der Waals surface area contributed by atoms with Crippen molar-refractivity contribution in [1.29, 1.82) is 0 Å². The van der Waals surface area contributed by atoms with Gasteiger partial charge in [-0.1, -0.05) is 54.6 Å². The molecule has 3 rings (SSSR count). The third kappa shape index (κ3) is 3.41. The van der Waals surface area contributed by atoms with E-state index in [1.807, 2.05) is 48.5 Å². The van der Waals surface area contributed by atoms with Crippen LogP contribution in [-0.4, -0.2) is 11.7 Å². The van der Waals surface area contributed by atoms with Gasteiger partial charge in [-0.25, -0.2) is 0 Å². The van der Waals surface area contributed by atoms with Gasteiger partial charge < -0.3 is 10.4 Å². The van der Waals surface area contributed by atoms with Gasteiger partial charge in [0.15, 0.2) is 0 Å². The van der Waals surface area contributed by atoms with Crippen LogP contribution in [0.3, 0.4) is 0 Å². The van der Waals surface area contributed by atoms with Crippen LogP contribution in [0.2, 0.25) is 0 Å². The Morgan fingerprint density at radius 1 is 0.810 bits per heavy atom. The highest BCUT2D eigenvalue weighted by molar-refractivity contribution is 5.83. The van der Waals surface area contributed by atoms with Crippen LogP contribution in [0.5, 0.6) is 0 Å². The molecule has 3 aromatic carbocycles. The van der Waals surface area contributed by atoms with Crippen LogP contribution in [0.1, 0.15) is 18.1 Å². The average molecular weight is 277 g/mol. The minimum atomic E-state index is -0.439. The second-order valence-corrected chi connectivity index (χ2v) is 5.20. The second-order valence-electron chi connectivity index (χ2n) is 5.20. The van der Waals surface area contributed by atoms with E-state index >= 15 is 0 Å². The molecule has 3 aromatic rings. The molecule has 0 saturated carbocycles. The van der Waals surface area contributed by atoms with Crippen molar-refractivity contribution < 1.29 is 5.11 Å². The number of hydrogen-bond acceptors (Lipinski definition) is 2. The fourth-order valence-electron chi connectivity index (χ4n) is 2.49. The number of aliphatic hydroxyl groups is 1. The van der Waals surface area contributed by atoms with E-state index in [1.165, 1.54) is 10.8 Å². The van der Waals surface area contributed by atoms with Crippen molar-refractivity contribution in [2.45, 2.75) is 12.5 Å². The lowest BCUT2D eigenvalue weighted by molar-refractivity contribution is 0.172. The minimum Gasteiger partial charge on any atom is -0.388 e. The summed E-state index contributed by atoms with van der Waals surface area (Å²) >= 11 is 0. The van der Waals surface area contributed by atoms with Crippen LogP contribution in [-0.2, 0) is 0 Å². The topological polar surface area (TPSA) is 32.3 Å². The Morgan fingerprint density at radius 2 is 1.52 bits per heavy atom. The second kappa shape index (κ2) is 6.42. The highest BCUT2D eigenvalue weighted by atomic mass is 16.3. The predicted molar refractivity (Wildman–Crippen MR) is 88.5 cm³/mol. The van der Waals surface area contributed by atoms with Crippen molar-refractivity contribution in [3.8, 4) is 0 Å². The molecule has 0 aliphatic carbocycles. The molecule has 106 valence electrons. The van der Waals surface area contributed by atoms with Gasteiger partial charge in [0.2, 0.25) is 0 Å². The van der Waals surface area contributed by atoms with E-state index in [9.17, 15) is 5.11 Å². The lowest BCUT2D eigenvalue weighted by Gasteiger charge is -2.13. The van der Waals surface area contributed by atoms with Gasteiger partial charge in [0.1, 0.15) is 0 Å². The van der Waals surface area contributed by atoms with Crippen LogP contribution >= 0.6 is 0 Å². The zero-order valence-electron chi connectivity index (χ0n) is 11.9. The monoisotopic (exact) mass is 277 g/mol. The number of nitrogens with one attached hydrogen (secondary N) is 1. The third-order valence-electron chi connectivity index (χ3n) is 3.68. The first-order chi connectivity index (χ1) is 10.3. The summed E-state index contributed by atoms with van der Waals surface area (Å²) in [4.78, 5) is 0. The van der Waals surface area contributed by atoms with Gasteiger partial charge in [0.05, 0.1) is 6.10 Å². The van der Waals surface area contributed by atoms with Gasteiger partial charge >= 0.3 is 0 Å². The molecule has 0 spiro atoms. The summed E-state index contributed by atoms with van der Waals surface area (Å²) < 4.78 is 0. The Hall–Kier alpha value is -2.32. The van der Waals surface area contributed by atoms with Crippen molar-refractivity contribution in [3.05, 3.63) is 78.4 Å². The zero-order chi connectivity index (χ0) is 14.5. The first kappa shape index (κ1) is 13.7. The minimum absolute atomic E-state index is 0.439. The molecule has 0 heterocycles. The molecular formula is C19H19NO. The summed E-state index contributed by atoms with van der Waals surface area (Å²) in [5, 5.41) is 16.0. The number of para-hydroxylation sites is 1. The summed E-state index contributed by atoms with van der Waals surface area (Å²) in [5.41, 5.74) is 2.06. The summed E-state index contributed by atoms with van der Waals surface area (Å²) in [6, 6.07) is 24.4. The van der Waals surface area contributed by atoms with Crippen LogP contribution in [0.15, 0.2) is 72.8 Å². The van der Waals surface area contributed by atoms with Crippen molar-refractivity contribution >= 4 is 16.5 Å². The van der Waals surface area contributed by atoms with E-state index in [4.69, 9.17) is 0 Å². The fourth-order valence-corrected chi connectivity index (χ4v) is 2.49. The van der Waals surface area contributed by atoms with Crippen molar-refractivity contribution in [3.63, 3.8) is 0 Å². The molecular weight excluding hydrogens is 258 g/mol. The van der Waals surface area contributed by atoms with Gasteiger partial charge in [-0.3, -0.25) is 0 Å². The number of aliphatic hydroxyl groups excluding tert-OH is 1. The molecule has 0 aliphatic heterocycles. The van der Waals surface area contributed by atoms with Gasteiger partial charge in [0, 0.05) is 12.2 Å². The number of rotatable bonds is 5. The number of benzene rings is 3. The number of hydrogen-bond donors (Lipinski definition) is 2. The standard InChI is InChI=1S/C19H19NO/c21-19(12-13-20-18-8-2-1-3-9-18)17-11-10-15-6-4-5-7-16(15)14-17/h1-11,14,19-21H,12-13H2. The summed E-state index contributed by atoms with van der Waals surface area (Å²) in [6.07, 6.45) is 0.249. The van der Waals surface area contributed by atoms with Crippen molar-refractivity contribution in [1.82, 2.24) is 0 Å². The first-order valence-corrected chi connectivity index (χ1v) is 7.28. The largest absolute Gasteiger partial charge is 0.388 e. The highest BCUT2D eigenvalue weighted by Crippen LogP contribution is 2.22. The van der Waals surface area contributed by atoms with Gasteiger partial charge in [-0.15, -0.1) is 0 Å². The van der Waals surface area contributed by atoms with E-state index in [-0.39, 0.29) is 0 Å². The molecule has 2 nitrogen and oxygen atoms in total. The van der Waals surface area contributed by atoms with Crippen LogP contribution in [0, 0.1) is 0 Å². The summed E-state index contributed by atoms with van der Waals surface area (Å²) in [7, 11) is 0. The van der Waals surface area contributed by atoms with Crippen LogP contribution < -0.4 is 5.32 Å². The van der Waals surface area contributed by atoms with Gasteiger partial charge in [-0.2, -0.15) is 0 Å². The zero-order valence-corrected chi connectivity index (χ0v) is 11.9. The molecule has 0 aromatic heterocycles. The lowest BCUT2D eigenvalue weighted by Crippen LogP contribution is -2.07. The van der Waals surface area contributed by atoms with Crippen LogP contribution in [0.4, 0.5) is 5.69 Å². The molecule has 0 aliphatic rings. The van der Waals surface area contributed by atoms with E-state index < -0.39 is 6.10 Å². The van der Waals surface area contributed by atoms with E-state index in [0.29, 0.717) is 6.42 Å². The predicted octanol–water partition coefficient (Wildman–Crippen LogP) is 4.38. The maximum absolute atomic E-state index is 10.3. The molecule has 2 N–H and O–H groups in total. The molecule has 1 atom stereocenters. The normalized spacial score (nSPS) is 12.2. The van der Waals surface area contributed by atoms with Crippen molar-refractivity contribution in [2.75, 3.05) is 11.9 Å². The Bertz CT molecular complexity index is 709. The molecule has 0 radical (unpaired) electrons. The maximum atomic E-state index is 10.3. The molecule has 0 bridgehead atoms. The summed E-state index contributed by atoms with van der Waals surface area (Å²) in [5.74, 6) is 0. The molecule has 0 fully saturated rings. The number of anilines is 1. The Morgan fingerprint density at radius 3 is 2.33 bits per heavy atom. The van der Waals surface area contributed by atoms with Crippen LogP contribution in [0.25, 0.3) is 10.8 Å². The smallest absolute Gasteiger partial charge is 0.0807 e. The lowest BCUT2D eigenvalue weighted by atomic mass is 10.0. The maximum Gasteiger partial charge on any atom is 0.0807 e. The SMILES string of the molecule is OC(CCNc1ccccc1)c1ccc2ccccc2c1. The molecule has 0 amide bonds. The van der Waals surface area contributed by atoms with Gasteiger partial charge in [-0.05, 0) is 41.0 Å². The van der Waals surface area contributed by atoms with Gasteiger partial charge in [0.25, 0.3) is 0 Å². The Kier molecular flexibility index (Phi) is 4.17. The van der Waals surface area contributed by atoms with E-state index in [2.05, 4.69) is 29.6 Å². The highest BCUT2D eigenvalue weighted by Gasteiger charge is 2.07. The quantitative estimate of drug-likeness (QED) is 0.725. The first-order valence-electron chi connectivity index (χ1n) is 7.28. The van der Waals surface area contributed by atoms with Crippen molar-refractivity contribution in [2.24, 2.45) is 0 Å². The Labute approximate surface area is 125 Å². The molecule has 2 heteroatoms. The fraction of sp³-hybridized carbons (Fsp3) is 0.158. The average Bonchev–Trinajstić information content (AvgIpc) is 2.55. The Balaban J connectivity index is 1.62.